The van der Waals surface area contributed by atoms with Crippen molar-refractivity contribution in [3.63, 3.8) is 0 Å². The lowest BCUT2D eigenvalue weighted by atomic mass is 9.98. The van der Waals surface area contributed by atoms with Gasteiger partial charge in [0.1, 0.15) is 11.7 Å². The number of rotatable bonds is 8. The van der Waals surface area contributed by atoms with E-state index in [1.54, 1.807) is 0 Å². The SMILES string of the molecule is CC(C)(O/N=C(\C(=O)NC1C(=O)N(S(=O)(=O)O)C1C(N)=O)c1csc(N)n1)C(=O)O. The first-order valence-corrected chi connectivity index (χ1v) is 10.1. The highest BCUT2D eigenvalue weighted by Crippen LogP contribution is 2.24. The Morgan fingerprint density at radius 1 is 1.40 bits per heavy atom. The molecule has 7 N–H and O–H groups in total. The molecule has 15 nitrogen and oxygen atoms in total. The lowest BCUT2D eigenvalue weighted by molar-refractivity contribution is -0.161. The Hall–Kier alpha value is -3.31. The lowest BCUT2D eigenvalue weighted by Crippen LogP contribution is -2.75. The van der Waals surface area contributed by atoms with Gasteiger partial charge in [-0.2, -0.15) is 12.7 Å². The van der Waals surface area contributed by atoms with Gasteiger partial charge in [0.05, 0.1) is 0 Å². The standard InChI is InChI=1S/C13H16N6O9S2/c1-13(2,11(23)24)28-18-5(4-3-29-12(15)16-4)9(21)17-6-7(8(14)20)19(10(6)22)30(25,26)27/h3,6-7H,1-2H3,(H2,14,20)(H2,15,16)(H,17,21)(H,23,24)(H,25,26,27)/b18-5-. The van der Waals surface area contributed by atoms with E-state index in [0.29, 0.717) is 0 Å². The number of carboxylic acids is 1. The fourth-order valence-electron chi connectivity index (χ4n) is 2.15. The number of carbonyl (C=O) groups excluding carboxylic acids is 3. The number of carbonyl (C=O) groups is 4. The summed E-state index contributed by atoms with van der Waals surface area (Å²) in [5, 5.41) is 15.9. The van der Waals surface area contributed by atoms with Crippen LogP contribution in [0, 0.1) is 0 Å². The third kappa shape index (κ3) is 4.47. The first-order valence-electron chi connectivity index (χ1n) is 7.78. The molecule has 17 heteroatoms. The topological polar surface area (TPSA) is 245 Å². The monoisotopic (exact) mass is 464 g/mol. The molecule has 0 spiro atoms. The van der Waals surface area contributed by atoms with Crippen LogP contribution in [0.15, 0.2) is 10.5 Å². The Morgan fingerprint density at radius 3 is 2.43 bits per heavy atom. The number of anilines is 1. The van der Waals surface area contributed by atoms with Crippen molar-refractivity contribution < 1.29 is 42.1 Å². The molecule has 2 atom stereocenters. The van der Waals surface area contributed by atoms with Gasteiger partial charge >= 0.3 is 16.3 Å². The maximum atomic E-state index is 12.6. The van der Waals surface area contributed by atoms with Crippen molar-refractivity contribution in [2.24, 2.45) is 10.9 Å². The van der Waals surface area contributed by atoms with Crippen molar-refractivity contribution >= 4 is 56.2 Å². The number of β-lactam (4-membered cyclic amide) rings is 1. The normalized spacial score (nSPS) is 19.8. The first-order chi connectivity index (χ1) is 13.7. The molecular formula is C13H16N6O9S2. The summed E-state index contributed by atoms with van der Waals surface area (Å²) in [4.78, 5) is 56.0. The highest BCUT2D eigenvalue weighted by atomic mass is 32.2. The van der Waals surface area contributed by atoms with Crippen LogP contribution in [0.25, 0.3) is 0 Å². The largest absolute Gasteiger partial charge is 0.478 e. The predicted molar refractivity (Wildman–Crippen MR) is 99.2 cm³/mol. The van der Waals surface area contributed by atoms with E-state index in [4.69, 9.17) is 26.0 Å². The van der Waals surface area contributed by atoms with Crippen LogP contribution in [0.5, 0.6) is 0 Å². The second-order valence-electron chi connectivity index (χ2n) is 6.33. The molecule has 1 aliphatic rings. The van der Waals surface area contributed by atoms with Gasteiger partial charge in [0.15, 0.2) is 16.9 Å². The van der Waals surface area contributed by atoms with Crippen molar-refractivity contribution in [1.82, 2.24) is 14.6 Å². The Morgan fingerprint density at radius 2 is 2.00 bits per heavy atom. The number of nitrogen functional groups attached to an aromatic ring is 1. The summed E-state index contributed by atoms with van der Waals surface area (Å²) in [5.74, 6) is -5.24. The van der Waals surface area contributed by atoms with Gasteiger partial charge in [0, 0.05) is 5.38 Å². The highest BCUT2D eigenvalue weighted by Gasteiger charge is 2.57. The number of nitrogens with two attached hydrogens (primary N) is 2. The molecule has 0 saturated carbocycles. The Labute approximate surface area is 172 Å². The Balaban J connectivity index is 2.34. The summed E-state index contributed by atoms with van der Waals surface area (Å²) < 4.78 is 31.3. The molecule has 1 aliphatic heterocycles. The third-order valence-corrected chi connectivity index (χ3v) is 5.32. The summed E-state index contributed by atoms with van der Waals surface area (Å²) in [6, 6.07) is -3.64. The van der Waals surface area contributed by atoms with E-state index >= 15 is 0 Å². The fraction of sp³-hybridized carbons (Fsp3) is 0.385. The average molecular weight is 464 g/mol. The van der Waals surface area contributed by atoms with E-state index < -0.39 is 57.4 Å². The van der Waals surface area contributed by atoms with E-state index in [9.17, 15) is 27.6 Å². The maximum absolute atomic E-state index is 12.6. The number of thiazole rings is 1. The number of amides is 3. The van der Waals surface area contributed by atoms with Crippen LogP contribution in [-0.2, 0) is 34.3 Å². The summed E-state index contributed by atoms with van der Waals surface area (Å²) in [6.45, 7) is 2.29. The van der Waals surface area contributed by atoms with Crippen LogP contribution < -0.4 is 16.8 Å². The molecule has 0 aromatic carbocycles. The molecule has 1 saturated heterocycles. The molecule has 2 rings (SSSR count). The molecule has 3 amide bonds. The first kappa shape index (κ1) is 23.0. The van der Waals surface area contributed by atoms with Gasteiger partial charge in [-0.3, -0.25) is 18.9 Å². The maximum Gasteiger partial charge on any atom is 0.363 e. The van der Waals surface area contributed by atoms with Crippen molar-refractivity contribution in [3.8, 4) is 0 Å². The Kier molecular flexibility index (Phi) is 6.00. The molecule has 2 heterocycles. The summed E-state index contributed by atoms with van der Waals surface area (Å²) in [5.41, 5.74) is 7.94. The summed E-state index contributed by atoms with van der Waals surface area (Å²) in [6.07, 6.45) is 0. The van der Waals surface area contributed by atoms with Gasteiger partial charge in [-0.05, 0) is 13.8 Å². The summed E-state index contributed by atoms with van der Waals surface area (Å²) >= 11 is 0.910. The molecule has 30 heavy (non-hydrogen) atoms. The van der Waals surface area contributed by atoms with Crippen LogP contribution >= 0.6 is 11.3 Å². The van der Waals surface area contributed by atoms with Crippen LogP contribution in [0.4, 0.5) is 5.13 Å². The number of aromatic nitrogens is 1. The molecule has 0 aliphatic carbocycles. The van der Waals surface area contributed by atoms with E-state index in [2.05, 4.69) is 10.1 Å². The number of carboxylic acid groups (broad SMARTS) is 1. The second-order valence-corrected chi connectivity index (χ2v) is 8.51. The highest BCUT2D eigenvalue weighted by molar-refractivity contribution is 7.84. The van der Waals surface area contributed by atoms with E-state index in [0.717, 1.165) is 25.2 Å². The number of nitrogens with zero attached hydrogens (tertiary/aromatic N) is 3. The van der Waals surface area contributed by atoms with Gasteiger partial charge < -0.3 is 26.7 Å². The van der Waals surface area contributed by atoms with Gasteiger partial charge in [0.2, 0.25) is 11.5 Å². The smallest absolute Gasteiger partial charge is 0.363 e. The quantitative estimate of drug-likeness (QED) is 0.114. The molecule has 0 radical (unpaired) electrons. The van der Waals surface area contributed by atoms with Crippen LogP contribution in [0.2, 0.25) is 0 Å². The second kappa shape index (κ2) is 7.84. The third-order valence-electron chi connectivity index (χ3n) is 3.74. The molecule has 164 valence electrons. The molecule has 1 aromatic heterocycles. The van der Waals surface area contributed by atoms with E-state index in [1.165, 1.54) is 5.38 Å². The zero-order chi connectivity index (χ0) is 23.0. The number of nitrogens with one attached hydrogen (secondary N) is 1. The van der Waals surface area contributed by atoms with Gasteiger partial charge in [-0.15, -0.1) is 11.3 Å². The van der Waals surface area contributed by atoms with Crippen LogP contribution in [0.1, 0.15) is 19.5 Å². The zero-order valence-corrected chi connectivity index (χ0v) is 16.9. The van der Waals surface area contributed by atoms with Gasteiger partial charge in [-0.25, -0.2) is 9.78 Å². The minimum absolute atomic E-state index is 0.0234. The molecular weight excluding hydrogens is 448 g/mol. The van der Waals surface area contributed by atoms with Gasteiger partial charge in [-0.1, -0.05) is 5.16 Å². The van der Waals surface area contributed by atoms with Crippen LogP contribution in [-0.4, -0.2) is 74.5 Å². The molecule has 0 bridgehead atoms. The molecule has 2 unspecified atom stereocenters. The number of hydrogen-bond donors (Lipinski definition) is 5. The molecule has 1 aromatic rings. The predicted octanol–water partition coefficient (Wildman–Crippen LogP) is -2.71. The number of oxime groups is 1. The zero-order valence-electron chi connectivity index (χ0n) is 15.3. The lowest BCUT2D eigenvalue weighted by Gasteiger charge is -2.41. The minimum atomic E-state index is -5.10. The van der Waals surface area contributed by atoms with Crippen molar-refractivity contribution in [2.45, 2.75) is 31.5 Å². The summed E-state index contributed by atoms with van der Waals surface area (Å²) in [7, 11) is -5.10. The van der Waals surface area contributed by atoms with Gasteiger partial charge in [0.25, 0.3) is 11.8 Å². The van der Waals surface area contributed by atoms with Crippen molar-refractivity contribution in [1.29, 1.82) is 0 Å². The Bertz CT molecular complexity index is 1050. The average Bonchev–Trinajstić information content (AvgIpc) is 3.01. The van der Waals surface area contributed by atoms with Crippen molar-refractivity contribution in [2.75, 3.05) is 5.73 Å². The fourth-order valence-corrected chi connectivity index (χ4v) is 3.55. The van der Waals surface area contributed by atoms with E-state index in [1.807, 2.05) is 5.32 Å². The van der Waals surface area contributed by atoms with Crippen LogP contribution in [0.3, 0.4) is 0 Å². The molecule has 1 fully saturated rings. The number of aliphatic carboxylic acids is 1. The number of primary amides is 1. The van der Waals surface area contributed by atoms with E-state index in [-0.39, 0.29) is 15.1 Å². The number of hydrogen-bond acceptors (Lipinski definition) is 11. The minimum Gasteiger partial charge on any atom is -0.478 e. The van der Waals surface area contributed by atoms with Crippen molar-refractivity contribution in [3.05, 3.63) is 11.1 Å².